The first-order valence-corrected chi connectivity index (χ1v) is 7.31. The van der Waals surface area contributed by atoms with Crippen molar-refractivity contribution < 1.29 is 9.53 Å². The van der Waals surface area contributed by atoms with E-state index in [0.29, 0.717) is 28.3 Å². The van der Waals surface area contributed by atoms with Gasteiger partial charge in [-0.05, 0) is 42.9 Å². The summed E-state index contributed by atoms with van der Waals surface area (Å²) >= 11 is 4.94. The van der Waals surface area contributed by atoms with Crippen LogP contribution in [0, 0.1) is 17.8 Å². The van der Waals surface area contributed by atoms with E-state index in [1.807, 2.05) is 0 Å². The first-order chi connectivity index (χ1) is 9.61. The first kappa shape index (κ1) is 13.4. The Kier molecular flexibility index (Phi) is 3.38. The number of fused-ring (bicyclic) bond motifs is 1. The van der Waals surface area contributed by atoms with E-state index in [1.54, 1.807) is 25.3 Å². The van der Waals surface area contributed by atoms with Crippen LogP contribution in [-0.2, 0) is 4.79 Å². The summed E-state index contributed by atoms with van der Waals surface area (Å²) in [6, 6.07) is 5.35. The van der Waals surface area contributed by atoms with Gasteiger partial charge in [0.15, 0.2) is 0 Å². The average Bonchev–Trinajstić information content (AvgIpc) is 2.92. The van der Waals surface area contributed by atoms with Crippen LogP contribution in [0.1, 0.15) is 24.8 Å². The van der Waals surface area contributed by atoms with Crippen LogP contribution in [0.25, 0.3) is 0 Å². The van der Waals surface area contributed by atoms with Crippen LogP contribution < -0.4 is 15.8 Å². The molecule has 0 bridgehead atoms. The minimum atomic E-state index is 0.112. The van der Waals surface area contributed by atoms with Gasteiger partial charge in [0.1, 0.15) is 10.7 Å². The zero-order valence-electron chi connectivity index (χ0n) is 11.4. The fourth-order valence-electron chi connectivity index (χ4n) is 3.37. The van der Waals surface area contributed by atoms with Gasteiger partial charge in [0.25, 0.3) is 0 Å². The fourth-order valence-corrected chi connectivity index (χ4v) is 3.50. The molecular formula is C15H18N2O2S. The van der Waals surface area contributed by atoms with E-state index in [2.05, 4.69) is 5.32 Å². The van der Waals surface area contributed by atoms with E-state index in [0.717, 1.165) is 5.56 Å². The Morgan fingerprint density at radius 2 is 2.10 bits per heavy atom. The standard InChI is InChI=1S/C15H18N2O2S/c1-19-12-7-8(14(16)20)5-6-11(12)17-15(18)13-9-3-2-4-10(9)13/h5-7,9-10,13H,2-4H2,1H3,(H2,16,20)(H,17,18). The van der Waals surface area contributed by atoms with Crippen molar-refractivity contribution in [3.8, 4) is 5.75 Å². The lowest BCUT2D eigenvalue weighted by Gasteiger charge is -2.12. The highest BCUT2D eigenvalue weighted by Crippen LogP contribution is 2.57. The quantitative estimate of drug-likeness (QED) is 0.835. The highest BCUT2D eigenvalue weighted by Gasteiger charge is 2.56. The van der Waals surface area contributed by atoms with Gasteiger partial charge in [-0.1, -0.05) is 18.6 Å². The molecule has 0 aromatic heterocycles. The SMILES string of the molecule is COc1cc(C(N)=S)ccc1NC(=O)C1C2CCCC21. The zero-order chi connectivity index (χ0) is 14.3. The van der Waals surface area contributed by atoms with Crippen LogP contribution in [0.5, 0.6) is 5.75 Å². The molecule has 0 heterocycles. The number of amides is 1. The number of rotatable bonds is 4. The third kappa shape index (κ3) is 2.26. The van der Waals surface area contributed by atoms with Gasteiger partial charge >= 0.3 is 0 Å². The molecule has 2 aliphatic carbocycles. The summed E-state index contributed by atoms with van der Waals surface area (Å²) in [5.41, 5.74) is 7.01. The summed E-state index contributed by atoms with van der Waals surface area (Å²) in [7, 11) is 1.57. The molecule has 2 aliphatic rings. The smallest absolute Gasteiger partial charge is 0.228 e. The van der Waals surface area contributed by atoms with Gasteiger partial charge in [0, 0.05) is 11.5 Å². The Morgan fingerprint density at radius 3 is 2.70 bits per heavy atom. The molecule has 1 amide bonds. The van der Waals surface area contributed by atoms with Crippen molar-refractivity contribution in [2.45, 2.75) is 19.3 Å². The number of carbonyl (C=O) groups is 1. The first-order valence-electron chi connectivity index (χ1n) is 6.90. The third-order valence-corrected chi connectivity index (χ3v) is 4.69. The van der Waals surface area contributed by atoms with Crippen molar-refractivity contribution in [2.24, 2.45) is 23.5 Å². The lowest BCUT2D eigenvalue weighted by Crippen LogP contribution is -2.17. The molecule has 0 saturated heterocycles. The number of nitrogens with two attached hydrogens (primary N) is 1. The van der Waals surface area contributed by atoms with Gasteiger partial charge in [-0.3, -0.25) is 4.79 Å². The van der Waals surface area contributed by atoms with Crippen LogP contribution in [-0.4, -0.2) is 18.0 Å². The molecule has 5 heteroatoms. The van der Waals surface area contributed by atoms with Crippen molar-refractivity contribution in [1.82, 2.24) is 0 Å². The van der Waals surface area contributed by atoms with Gasteiger partial charge in [-0.25, -0.2) is 0 Å². The number of hydrogen-bond acceptors (Lipinski definition) is 3. The predicted molar refractivity (Wildman–Crippen MR) is 81.8 cm³/mol. The van der Waals surface area contributed by atoms with E-state index >= 15 is 0 Å². The normalized spacial score (nSPS) is 26.8. The van der Waals surface area contributed by atoms with Crippen LogP contribution in [0.2, 0.25) is 0 Å². The summed E-state index contributed by atoms with van der Waals surface area (Å²) in [5, 5.41) is 2.97. The molecule has 0 spiro atoms. The van der Waals surface area contributed by atoms with Gasteiger partial charge in [-0.15, -0.1) is 0 Å². The topological polar surface area (TPSA) is 64.3 Å². The molecule has 2 atom stereocenters. The zero-order valence-corrected chi connectivity index (χ0v) is 12.2. The van der Waals surface area contributed by atoms with Crippen molar-refractivity contribution >= 4 is 28.8 Å². The van der Waals surface area contributed by atoms with Crippen LogP contribution in [0.3, 0.4) is 0 Å². The lowest BCUT2D eigenvalue weighted by molar-refractivity contribution is -0.118. The number of ether oxygens (including phenoxy) is 1. The van der Waals surface area contributed by atoms with Crippen LogP contribution in [0.15, 0.2) is 18.2 Å². The summed E-state index contributed by atoms with van der Waals surface area (Å²) in [5.74, 6) is 2.12. The molecule has 0 radical (unpaired) electrons. The Morgan fingerprint density at radius 1 is 1.40 bits per heavy atom. The minimum absolute atomic E-state index is 0.112. The molecule has 20 heavy (non-hydrogen) atoms. The maximum atomic E-state index is 12.3. The molecule has 0 aliphatic heterocycles. The Labute approximate surface area is 123 Å². The third-order valence-electron chi connectivity index (χ3n) is 4.45. The van der Waals surface area contributed by atoms with Crippen molar-refractivity contribution in [2.75, 3.05) is 12.4 Å². The molecule has 2 saturated carbocycles. The highest BCUT2D eigenvalue weighted by atomic mass is 32.1. The number of nitrogens with one attached hydrogen (secondary N) is 1. The second-order valence-corrected chi connectivity index (χ2v) is 5.99. The molecule has 2 unspecified atom stereocenters. The minimum Gasteiger partial charge on any atom is -0.495 e. The van der Waals surface area contributed by atoms with Gasteiger partial charge in [0.2, 0.25) is 5.91 Å². The maximum Gasteiger partial charge on any atom is 0.228 e. The lowest BCUT2D eigenvalue weighted by atomic mass is 10.1. The number of carbonyl (C=O) groups excluding carboxylic acids is 1. The summed E-state index contributed by atoms with van der Waals surface area (Å²) in [4.78, 5) is 12.6. The molecule has 2 fully saturated rings. The molecule has 3 N–H and O–H groups in total. The maximum absolute atomic E-state index is 12.3. The second-order valence-electron chi connectivity index (χ2n) is 5.55. The summed E-state index contributed by atoms with van der Waals surface area (Å²) in [6.07, 6.45) is 3.66. The van der Waals surface area contributed by atoms with Gasteiger partial charge < -0.3 is 15.8 Å². The molecule has 1 aromatic rings. The molecular weight excluding hydrogens is 272 g/mol. The molecule has 106 valence electrons. The van der Waals surface area contributed by atoms with Gasteiger partial charge in [-0.2, -0.15) is 0 Å². The van der Waals surface area contributed by atoms with Crippen LogP contribution in [0.4, 0.5) is 5.69 Å². The fraction of sp³-hybridized carbons (Fsp3) is 0.467. The van der Waals surface area contributed by atoms with Gasteiger partial charge in [0.05, 0.1) is 12.8 Å². The highest BCUT2D eigenvalue weighted by molar-refractivity contribution is 7.80. The van der Waals surface area contributed by atoms with E-state index in [-0.39, 0.29) is 11.8 Å². The average molecular weight is 290 g/mol. The molecule has 1 aromatic carbocycles. The van der Waals surface area contributed by atoms with Crippen molar-refractivity contribution in [3.05, 3.63) is 23.8 Å². The summed E-state index contributed by atoms with van der Waals surface area (Å²) in [6.45, 7) is 0. The number of benzene rings is 1. The van der Waals surface area contributed by atoms with E-state index in [4.69, 9.17) is 22.7 Å². The molecule has 4 nitrogen and oxygen atoms in total. The second kappa shape index (κ2) is 5.05. The van der Waals surface area contributed by atoms with E-state index in [9.17, 15) is 4.79 Å². The Hall–Kier alpha value is -1.62. The summed E-state index contributed by atoms with van der Waals surface area (Å²) < 4.78 is 5.30. The van der Waals surface area contributed by atoms with Crippen LogP contribution >= 0.6 is 12.2 Å². The largest absolute Gasteiger partial charge is 0.495 e. The number of methoxy groups -OCH3 is 1. The predicted octanol–water partition coefficient (Wildman–Crippen LogP) is 2.31. The number of anilines is 1. The number of hydrogen-bond donors (Lipinski definition) is 2. The monoisotopic (exact) mass is 290 g/mol. The van der Waals surface area contributed by atoms with Crippen molar-refractivity contribution in [3.63, 3.8) is 0 Å². The number of thiocarbonyl (C=S) groups is 1. The van der Waals surface area contributed by atoms with E-state index in [1.165, 1.54) is 19.3 Å². The molecule has 3 rings (SSSR count). The Bertz CT molecular complexity index is 563. The Balaban J connectivity index is 1.73. The van der Waals surface area contributed by atoms with E-state index < -0.39 is 0 Å². The van der Waals surface area contributed by atoms with Crippen molar-refractivity contribution in [1.29, 1.82) is 0 Å².